The van der Waals surface area contributed by atoms with Crippen LogP contribution in [0.2, 0.25) is 0 Å². The maximum atomic E-state index is 12.3. The van der Waals surface area contributed by atoms with Crippen molar-refractivity contribution >= 4 is 34.7 Å². The predicted molar refractivity (Wildman–Crippen MR) is 158 cm³/mol. The summed E-state index contributed by atoms with van der Waals surface area (Å²) in [7, 11) is 1.42. The second-order valence-corrected chi connectivity index (χ2v) is 11.0. The quantitative estimate of drug-likeness (QED) is 0.276. The second kappa shape index (κ2) is 11.0. The van der Waals surface area contributed by atoms with Gasteiger partial charge in [-0.2, -0.15) is 0 Å². The van der Waals surface area contributed by atoms with Crippen LogP contribution < -0.4 is 10.6 Å². The van der Waals surface area contributed by atoms with Crippen LogP contribution in [0, 0.1) is 11.8 Å². The lowest BCUT2D eigenvalue weighted by atomic mass is 9.75. The Labute approximate surface area is 248 Å². The average molecular weight is 581 g/mol. The highest BCUT2D eigenvalue weighted by Crippen LogP contribution is 2.42. The number of nitrogens with zero attached hydrogens (tertiary/aromatic N) is 2. The van der Waals surface area contributed by atoms with Crippen molar-refractivity contribution in [3.05, 3.63) is 90.0 Å². The van der Waals surface area contributed by atoms with E-state index in [-0.39, 0.29) is 23.9 Å². The first-order chi connectivity index (χ1) is 20.8. The third-order valence-corrected chi connectivity index (χ3v) is 8.92. The smallest absolute Gasteiger partial charge is 0.337 e. The van der Waals surface area contributed by atoms with Crippen LogP contribution in [0.4, 0.5) is 4.79 Å². The molecule has 0 bridgehead atoms. The van der Waals surface area contributed by atoms with Crippen molar-refractivity contribution in [2.45, 2.75) is 44.8 Å². The lowest BCUT2D eigenvalue weighted by Crippen LogP contribution is -2.64. The number of nitrogens with one attached hydrogen (secondary N) is 2. The van der Waals surface area contributed by atoms with E-state index in [0.29, 0.717) is 17.6 Å². The summed E-state index contributed by atoms with van der Waals surface area (Å²) in [5.41, 5.74) is 4.32. The van der Waals surface area contributed by atoms with Gasteiger partial charge in [0.2, 0.25) is 11.8 Å². The fourth-order valence-corrected chi connectivity index (χ4v) is 6.55. The van der Waals surface area contributed by atoms with E-state index in [2.05, 4.69) is 40.5 Å². The first-order valence-electron chi connectivity index (χ1n) is 14.3. The molecule has 43 heavy (non-hydrogen) atoms. The van der Waals surface area contributed by atoms with Crippen molar-refractivity contribution in [3.63, 3.8) is 0 Å². The molecule has 5 heterocycles. The second-order valence-electron chi connectivity index (χ2n) is 11.0. The predicted octanol–water partition coefficient (Wildman–Crippen LogP) is 4.11. The number of amides is 4. The molecule has 10 nitrogen and oxygen atoms in total. The lowest BCUT2D eigenvalue weighted by molar-refractivity contribution is -0.139. The highest BCUT2D eigenvalue weighted by atomic mass is 16.5. The molecule has 0 unspecified atom stereocenters. The van der Waals surface area contributed by atoms with Crippen LogP contribution in [-0.4, -0.2) is 46.6 Å². The summed E-state index contributed by atoms with van der Waals surface area (Å²) in [5, 5.41) is 5.46. The van der Waals surface area contributed by atoms with Gasteiger partial charge in [0.15, 0.2) is 5.41 Å². The summed E-state index contributed by atoms with van der Waals surface area (Å²) in [4.78, 5) is 52.1. The molecule has 0 spiro atoms. The van der Waals surface area contributed by atoms with E-state index in [1.54, 1.807) is 43.5 Å². The van der Waals surface area contributed by atoms with Gasteiger partial charge >= 0.3 is 12.0 Å². The van der Waals surface area contributed by atoms with Gasteiger partial charge < -0.3 is 14.0 Å². The molecule has 2 aromatic rings. The van der Waals surface area contributed by atoms with Crippen LogP contribution >= 0.6 is 0 Å². The van der Waals surface area contributed by atoms with Crippen LogP contribution in [0.5, 0.6) is 0 Å². The van der Waals surface area contributed by atoms with E-state index in [1.165, 1.54) is 23.8 Å². The molecule has 1 saturated heterocycles. The molecule has 5 aliphatic heterocycles. The van der Waals surface area contributed by atoms with Crippen molar-refractivity contribution in [2.75, 3.05) is 7.11 Å². The standard InChI is InChI=1S/C21H20N2O3.C12H12N2O3/c1-12-16-10-23-8-7-14-13-5-3-4-6-18(13)22-20(14)19(23)9-15(16)17(11-26-12)21(24)25-2;1-2-12(8-6-4-3-5-7-8)9(15)13-11(17)14-10(12)16/h3-8,11-12,15-16H,9-10H2,1-2H3;3-7H,2H2,1H3,(H2,13,14,15,16,17)/t12-,15-,16+;/m0./s1. The average Bonchev–Trinajstić information content (AvgIpc) is 3.40. The van der Waals surface area contributed by atoms with Gasteiger partial charge in [-0.3, -0.25) is 20.2 Å². The van der Waals surface area contributed by atoms with Crippen molar-refractivity contribution in [1.82, 2.24) is 20.2 Å². The number of methoxy groups -OCH3 is 1. The molecule has 0 aliphatic carbocycles. The number of carbonyl (C=O) groups excluding carboxylic acids is 4. The summed E-state index contributed by atoms with van der Waals surface area (Å²) in [5.74, 6) is -1.10. The molecule has 1 fully saturated rings. The minimum absolute atomic E-state index is 0.0662. The third-order valence-electron chi connectivity index (χ3n) is 8.92. The van der Waals surface area contributed by atoms with E-state index < -0.39 is 23.3 Å². The Balaban J connectivity index is 0.000000168. The highest BCUT2D eigenvalue weighted by Gasteiger charge is 2.50. The Morgan fingerprint density at radius 2 is 1.74 bits per heavy atom. The summed E-state index contributed by atoms with van der Waals surface area (Å²) < 4.78 is 13.0. The minimum Gasteiger partial charge on any atom is -0.497 e. The normalized spacial score (nSPS) is 22.2. The molecular formula is C33H32N4O6. The Bertz CT molecular complexity index is 1720. The molecule has 0 aromatic heterocycles. The van der Waals surface area contributed by atoms with Crippen LogP contribution in [0.25, 0.3) is 22.2 Å². The zero-order chi connectivity index (χ0) is 30.3. The molecule has 2 N–H and O–H groups in total. The minimum atomic E-state index is -1.31. The van der Waals surface area contributed by atoms with Gasteiger partial charge in [0.25, 0.3) is 0 Å². The summed E-state index contributed by atoms with van der Waals surface area (Å²) in [6, 6.07) is 18.3. The number of imide groups is 2. The van der Waals surface area contributed by atoms with Crippen molar-refractivity contribution in [3.8, 4) is 11.3 Å². The van der Waals surface area contributed by atoms with E-state index in [0.717, 1.165) is 24.2 Å². The topological polar surface area (TPSA) is 129 Å². The summed E-state index contributed by atoms with van der Waals surface area (Å²) in [6.07, 6.45) is 4.87. The van der Waals surface area contributed by atoms with Crippen LogP contribution in [0.1, 0.15) is 31.5 Å². The van der Waals surface area contributed by atoms with Gasteiger partial charge in [-0.1, -0.05) is 55.5 Å². The van der Waals surface area contributed by atoms with Gasteiger partial charge in [-0.05, 0) is 37.5 Å². The van der Waals surface area contributed by atoms with Crippen molar-refractivity contribution in [2.24, 2.45) is 11.8 Å². The van der Waals surface area contributed by atoms with Gasteiger partial charge in [0.05, 0.1) is 30.2 Å². The number of hydrogen-bond donors (Lipinski definition) is 2. The zero-order valence-electron chi connectivity index (χ0n) is 24.1. The fourth-order valence-electron chi connectivity index (χ4n) is 6.55. The van der Waals surface area contributed by atoms with Crippen LogP contribution in [0.15, 0.2) is 78.7 Å². The van der Waals surface area contributed by atoms with Gasteiger partial charge in [0.1, 0.15) is 6.10 Å². The van der Waals surface area contributed by atoms with Gasteiger partial charge in [-0.15, -0.1) is 0 Å². The van der Waals surface area contributed by atoms with Crippen molar-refractivity contribution < 1.29 is 28.7 Å². The largest absolute Gasteiger partial charge is 0.497 e. The maximum Gasteiger partial charge on any atom is 0.337 e. The highest BCUT2D eigenvalue weighted by molar-refractivity contribution is 6.22. The number of pyridine rings is 1. The first-order valence-corrected chi connectivity index (χ1v) is 14.3. The van der Waals surface area contributed by atoms with Crippen LogP contribution in [-0.2, 0) is 42.2 Å². The van der Waals surface area contributed by atoms with Crippen LogP contribution in [0.3, 0.4) is 0 Å². The monoisotopic (exact) mass is 580 g/mol. The van der Waals surface area contributed by atoms with E-state index in [9.17, 15) is 19.2 Å². The Morgan fingerprint density at radius 3 is 2.44 bits per heavy atom. The van der Waals surface area contributed by atoms with E-state index in [1.807, 2.05) is 18.2 Å². The Morgan fingerprint density at radius 1 is 1.05 bits per heavy atom. The number of urea groups is 1. The van der Waals surface area contributed by atoms with Gasteiger partial charge in [0, 0.05) is 41.2 Å². The number of esters is 1. The summed E-state index contributed by atoms with van der Waals surface area (Å²) in [6.45, 7) is 4.62. The number of hydrogen-bond acceptors (Lipinski definition) is 7. The fraction of sp³-hybridized carbons (Fsp3) is 0.303. The van der Waals surface area contributed by atoms with E-state index in [4.69, 9.17) is 14.5 Å². The number of carbonyl (C=O) groups is 4. The Hall–Kier alpha value is -4.99. The molecule has 5 aliphatic rings. The molecule has 10 heteroatoms. The molecule has 4 amide bonds. The molecular weight excluding hydrogens is 548 g/mol. The molecule has 3 atom stereocenters. The Kier molecular flexibility index (Phi) is 7.21. The van der Waals surface area contributed by atoms with Crippen molar-refractivity contribution in [1.29, 1.82) is 0 Å². The number of fused-ring (bicyclic) bond motifs is 6. The number of rotatable bonds is 3. The molecule has 7 rings (SSSR count). The lowest BCUT2D eigenvalue weighted by Gasteiger charge is -2.41. The maximum absolute atomic E-state index is 12.3. The number of benzene rings is 2. The number of barbiturate groups is 1. The number of para-hydroxylation sites is 1. The molecule has 220 valence electrons. The number of aromatic nitrogens is 2. The molecule has 0 saturated carbocycles. The first kappa shape index (κ1) is 28.1. The summed E-state index contributed by atoms with van der Waals surface area (Å²) >= 11 is 0. The zero-order valence-corrected chi connectivity index (χ0v) is 24.1. The SMILES string of the molecule is CCC1(c2ccccc2)C(=O)NC(=O)NC1=O.COC(=O)C1=CO[C@@H](C)[C@H]2Cn3ccc4c5ccccc5nc-4c3C[C@H]12. The number of ether oxygens (including phenoxy) is 2. The van der Waals surface area contributed by atoms with E-state index >= 15 is 0 Å². The molecule has 0 radical (unpaired) electrons. The molecule has 2 aromatic carbocycles. The third kappa shape index (κ3) is 4.63. The van der Waals surface area contributed by atoms with Gasteiger partial charge in [-0.25, -0.2) is 14.6 Å².